The summed E-state index contributed by atoms with van der Waals surface area (Å²) >= 11 is 0.995. The Kier molecular flexibility index (Phi) is 4.50. The second kappa shape index (κ2) is 5.48. The number of alkyl halides is 3. The number of aryl methyl sites for hydroxylation is 1. The Morgan fingerprint density at radius 3 is 2.59 bits per heavy atom. The molecule has 1 aromatic heterocycles. The molecule has 0 aromatic carbocycles. The van der Waals surface area contributed by atoms with Gasteiger partial charge in [-0.15, -0.1) is 0 Å². The molecule has 0 radical (unpaired) electrons. The summed E-state index contributed by atoms with van der Waals surface area (Å²) < 4.78 is 36.6. The van der Waals surface area contributed by atoms with Crippen LogP contribution < -0.4 is 4.90 Å². The van der Waals surface area contributed by atoms with Crippen LogP contribution in [0.1, 0.15) is 28.7 Å². The van der Waals surface area contributed by atoms with Crippen molar-refractivity contribution >= 4 is 22.8 Å². The van der Waals surface area contributed by atoms with Gasteiger partial charge >= 0.3 is 6.18 Å². The highest BCUT2D eigenvalue weighted by Crippen LogP contribution is 2.27. The fraction of sp³-hybridized carbons (Fsp3) is 0.600. The molecule has 0 spiro atoms. The highest BCUT2D eigenvalue weighted by molar-refractivity contribution is 7.17. The molecule has 7 heteroatoms. The van der Waals surface area contributed by atoms with Gasteiger partial charge in [0.05, 0.1) is 10.6 Å². The van der Waals surface area contributed by atoms with Gasteiger partial charge in [0.1, 0.15) is 6.54 Å². The normalized spacial score (nSPS) is 11.6. The molecule has 1 aromatic rings. The maximum atomic E-state index is 12.2. The summed E-state index contributed by atoms with van der Waals surface area (Å²) in [6.45, 7) is 0.859. The van der Waals surface area contributed by atoms with Gasteiger partial charge < -0.3 is 4.90 Å². The van der Waals surface area contributed by atoms with E-state index in [0.29, 0.717) is 23.3 Å². The van der Waals surface area contributed by atoms with E-state index in [0.717, 1.165) is 22.7 Å². The zero-order chi connectivity index (χ0) is 13.1. The number of rotatable bonds is 5. The monoisotopic (exact) mass is 266 g/mol. The first-order valence-corrected chi connectivity index (χ1v) is 5.91. The fourth-order valence-electron chi connectivity index (χ4n) is 1.36. The Balaban J connectivity index is 2.87. The van der Waals surface area contributed by atoms with Gasteiger partial charge in [-0.05, 0) is 6.42 Å². The summed E-state index contributed by atoms with van der Waals surface area (Å²) in [6, 6.07) is 0. The van der Waals surface area contributed by atoms with Crippen LogP contribution in [0.3, 0.4) is 0 Å². The Morgan fingerprint density at radius 2 is 2.12 bits per heavy atom. The van der Waals surface area contributed by atoms with Gasteiger partial charge in [0.15, 0.2) is 11.4 Å². The minimum atomic E-state index is -4.27. The topological polar surface area (TPSA) is 33.2 Å². The number of anilines is 1. The largest absolute Gasteiger partial charge is 0.405 e. The molecule has 0 atom stereocenters. The van der Waals surface area contributed by atoms with Crippen LogP contribution in [0.4, 0.5) is 18.3 Å². The lowest BCUT2D eigenvalue weighted by molar-refractivity contribution is -0.119. The van der Waals surface area contributed by atoms with Gasteiger partial charge in [0, 0.05) is 7.05 Å². The first kappa shape index (κ1) is 14.0. The predicted molar refractivity (Wildman–Crippen MR) is 60.8 cm³/mol. The van der Waals surface area contributed by atoms with E-state index in [1.165, 1.54) is 7.05 Å². The first-order chi connectivity index (χ1) is 7.87. The van der Waals surface area contributed by atoms with Crippen LogP contribution in [0.15, 0.2) is 0 Å². The third-order valence-electron chi connectivity index (χ3n) is 2.05. The fourth-order valence-corrected chi connectivity index (χ4v) is 2.24. The standard InChI is InChI=1S/C10H13F3N2OS/c1-3-4-7-8(5-16)17-9(14-7)15(2)6-10(11,12)13/h5H,3-4,6H2,1-2H3. The number of thiazole rings is 1. The van der Waals surface area contributed by atoms with E-state index in [1.54, 1.807) is 0 Å². The number of carbonyl (C=O) groups excluding carboxylic acids is 1. The average Bonchev–Trinajstić information content (AvgIpc) is 2.59. The van der Waals surface area contributed by atoms with Gasteiger partial charge in [-0.2, -0.15) is 13.2 Å². The summed E-state index contributed by atoms with van der Waals surface area (Å²) in [5.74, 6) is 0. The van der Waals surface area contributed by atoms with Gasteiger partial charge in [-0.1, -0.05) is 24.7 Å². The van der Waals surface area contributed by atoms with Crippen LogP contribution in [0.25, 0.3) is 0 Å². The van der Waals surface area contributed by atoms with Crippen LogP contribution in [-0.4, -0.2) is 31.0 Å². The van der Waals surface area contributed by atoms with Gasteiger partial charge in [-0.25, -0.2) is 4.98 Å². The molecule has 0 aliphatic rings. The van der Waals surface area contributed by atoms with Crippen molar-refractivity contribution in [2.24, 2.45) is 0 Å². The molecule has 0 amide bonds. The Morgan fingerprint density at radius 1 is 1.47 bits per heavy atom. The number of aldehydes is 1. The maximum absolute atomic E-state index is 12.2. The molecule has 3 nitrogen and oxygen atoms in total. The third kappa shape index (κ3) is 3.99. The lowest BCUT2D eigenvalue weighted by Crippen LogP contribution is -2.30. The SMILES string of the molecule is CCCc1nc(N(C)CC(F)(F)F)sc1C=O. The second-order valence-electron chi connectivity index (χ2n) is 3.65. The number of halogens is 3. The zero-order valence-electron chi connectivity index (χ0n) is 9.54. The van der Waals surface area contributed by atoms with Crippen LogP contribution in [0.5, 0.6) is 0 Å². The van der Waals surface area contributed by atoms with Crippen LogP contribution >= 0.6 is 11.3 Å². The van der Waals surface area contributed by atoms with Crippen LogP contribution in [0.2, 0.25) is 0 Å². The molecule has 0 saturated heterocycles. The van der Waals surface area contributed by atoms with Gasteiger partial charge in [-0.3, -0.25) is 4.79 Å². The maximum Gasteiger partial charge on any atom is 0.405 e. The predicted octanol–water partition coefficient (Wildman–Crippen LogP) is 2.91. The highest BCUT2D eigenvalue weighted by Gasteiger charge is 2.30. The molecule has 0 unspecified atom stereocenters. The second-order valence-corrected chi connectivity index (χ2v) is 4.66. The Labute approximate surface area is 101 Å². The summed E-state index contributed by atoms with van der Waals surface area (Å²) in [4.78, 5) is 16.2. The van der Waals surface area contributed by atoms with Crippen LogP contribution in [-0.2, 0) is 6.42 Å². The van der Waals surface area contributed by atoms with E-state index >= 15 is 0 Å². The quantitative estimate of drug-likeness (QED) is 0.768. The van der Waals surface area contributed by atoms with E-state index in [9.17, 15) is 18.0 Å². The van der Waals surface area contributed by atoms with Crippen molar-refractivity contribution in [2.45, 2.75) is 25.9 Å². The van der Waals surface area contributed by atoms with E-state index in [1.807, 2.05) is 6.92 Å². The molecule has 0 aliphatic carbocycles. The van der Waals surface area contributed by atoms with Gasteiger partial charge in [0.25, 0.3) is 0 Å². The summed E-state index contributed by atoms with van der Waals surface area (Å²) in [5, 5.41) is 0.230. The molecule has 1 heterocycles. The molecule has 0 fully saturated rings. The number of nitrogens with zero attached hydrogens (tertiary/aromatic N) is 2. The number of hydrogen-bond donors (Lipinski definition) is 0. The Bertz CT molecular complexity index is 389. The van der Waals surface area contributed by atoms with E-state index < -0.39 is 12.7 Å². The van der Waals surface area contributed by atoms with E-state index in [-0.39, 0.29) is 5.13 Å². The highest BCUT2D eigenvalue weighted by atomic mass is 32.1. The minimum Gasteiger partial charge on any atom is -0.342 e. The lowest BCUT2D eigenvalue weighted by Gasteiger charge is -2.17. The molecule has 0 saturated carbocycles. The van der Waals surface area contributed by atoms with Crippen molar-refractivity contribution in [2.75, 3.05) is 18.5 Å². The average molecular weight is 266 g/mol. The first-order valence-electron chi connectivity index (χ1n) is 5.10. The van der Waals surface area contributed by atoms with Crippen molar-refractivity contribution < 1.29 is 18.0 Å². The molecule has 17 heavy (non-hydrogen) atoms. The minimum absolute atomic E-state index is 0.230. The summed E-state index contributed by atoms with van der Waals surface area (Å²) in [7, 11) is 1.32. The Hall–Kier alpha value is -1.11. The van der Waals surface area contributed by atoms with Crippen molar-refractivity contribution in [1.82, 2.24) is 4.98 Å². The lowest BCUT2D eigenvalue weighted by atomic mass is 10.2. The molecule has 1 rings (SSSR count). The summed E-state index contributed by atoms with van der Waals surface area (Å²) in [5.41, 5.74) is 0.580. The zero-order valence-corrected chi connectivity index (χ0v) is 10.4. The summed E-state index contributed by atoms with van der Waals surface area (Å²) in [6.07, 6.45) is -2.22. The molecular formula is C10H13F3N2OS. The smallest absolute Gasteiger partial charge is 0.342 e. The van der Waals surface area contributed by atoms with Crippen molar-refractivity contribution in [3.63, 3.8) is 0 Å². The molecule has 0 aliphatic heterocycles. The van der Waals surface area contributed by atoms with Crippen molar-refractivity contribution in [1.29, 1.82) is 0 Å². The molecule has 0 N–H and O–H groups in total. The number of aromatic nitrogens is 1. The molecule has 96 valence electrons. The van der Waals surface area contributed by atoms with E-state index in [4.69, 9.17) is 0 Å². The number of carbonyl (C=O) groups is 1. The van der Waals surface area contributed by atoms with Gasteiger partial charge in [0.2, 0.25) is 0 Å². The van der Waals surface area contributed by atoms with E-state index in [2.05, 4.69) is 4.98 Å². The van der Waals surface area contributed by atoms with Crippen molar-refractivity contribution in [3.05, 3.63) is 10.6 Å². The molecule has 0 bridgehead atoms. The third-order valence-corrected chi connectivity index (χ3v) is 3.19. The van der Waals surface area contributed by atoms with Crippen molar-refractivity contribution in [3.8, 4) is 0 Å². The number of hydrogen-bond acceptors (Lipinski definition) is 4. The molecular weight excluding hydrogens is 253 g/mol. The van der Waals surface area contributed by atoms with Crippen LogP contribution in [0, 0.1) is 0 Å².